The average Bonchev–Trinajstić information content (AvgIpc) is 2.37. The second-order valence-corrected chi connectivity index (χ2v) is 6.64. The number of rotatable bonds is 6. The summed E-state index contributed by atoms with van der Waals surface area (Å²) >= 11 is 0. The highest BCUT2D eigenvalue weighted by molar-refractivity contribution is 7.88. The molecule has 0 radical (unpaired) electrons. The Kier molecular flexibility index (Phi) is 5.52. The summed E-state index contributed by atoms with van der Waals surface area (Å²) in [5.74, 6) is 0.313. The van der Waals surface area contributed by atoms with Gasteiger partial charge in [-0.3, -0.25) is 4.79 Å². The number of benzene rings is 1. The van der Waals surface area contributed by atoms with E-state index in [1.165, 1.54) is 7.05 Å². The molecule has 0 saturated heterocycles. The predicted octanol–water partition coefficient (Wildman–Crippen LogP) is 0.764. The van der Waals surface area contributed by atoms with Crippen molar-refractivity contribution in [3.63, 3.8) is 0 Å². The van der Waals surface area contributed by atoms with Crippen LogP contribution < -0.4 is 10.1 Å². The molecule has 1 rings (SSSR count). The molecular formula is C13H20N2O4S. The van der Waals surface area contributed by atoms with E-state index in [0.29, 0.717) is 5.75 Å². The smallest absolute Gasteiger partial charge is 0.235 e. The molecule has 1 atom stereocenters. The summed E-state index contributed by atoms with van der Waals surface area (Å²) < 4.78 is 28.7. The molecule has 0 spiro atoms. The van der Waals surface area contributed by atoms with Gasteiger partial charge in [0.2, 0.25) is 15.9 Å². The molecule has 0 saturated carbocycles. The van der Waals surface area contributed by atoms with Crippen molar-refractivity contribution in [3.8, 4) is 5.75 Å². The van der Waals surface area contributed by atoms with E-state index in [4.69, 9.17) is 4.74 Å². The van der Waals surface area contributed by atoms with E-state index in [1.807, 2.05) is 25.1 Å². The Bertz CT molecular complexity index is 571. The van der Waals surface area contributed by atoms with Gasteiger partial charge >= 0.3 is 0 Å². The normalized spacial score (nSPS) is 13.1. The molecule has 20 heavy (non-hydrogen) atoms. The lowest BCUT2D eigenvalue weighted by atomic mass is 10.1. The molecule has 0 aliphatic carbocycles. The van der Waals surface area contributed by atoms with Gasteiger partial charge in [0.15, 0.2) is 0 Å². The van der Waals surface area contributed by atoms with Crippen LogP contribution >= 0.6 is 0 Å². The number of para-hydroxylation sites is 1. The molecule has 7 heteroatoms. The summed E-state index contributed by atoms with van der Waals surface area (Å²) in [6.07, 6.45) is 1.06. The second-order valence-electron chi connectivity index (χ2n) is 4.55. The van der Waals surface area contributed by atoms with Gasteiger partial charge in [0.25, 0.3) is 0 Å². The van der Waals surface area contributed by atoms with Crippen LogP contribution in [0.3, 0.4) is 0 Å². The van der Waals surface area contributed by atoms with Gasteiger partial charge in [-0.1, -0.05) is 18.2 Å². The van der Waals surface area contributed by atoms with Gasteiger partial charge in [-0.2, -0.15) is 4.31 Å². The number of carbonyl (C=O) groups excluding carboxylic acids is 1. The molecule has 1 aromatic carbocycles. The number of hydrogen-bond donors (Lipinski definition) is 1. The largest absolute Gasteiger partial charge is 0.496 e. The number of likely N-dealkylation sites (N-methyl/N-ethyl adjacent to an activating group) is 1. The summed E-state index contributed by atoms with van der Waals surface area (Å²) in [6, 6.07) is 7.08. The van der Waals surface area contributed by atoms with E-state index in [-0.39, 0.29) is 18.5 Å². The number of ether oxygens (including phenoxy) is 1. The first-order valence-electron chi connectivity index (χ1n) is 6.09. The van der Waals surface area contributed by atoms with Crippen molar-refractivity contribution in [2.45, 2.75) is 13.0 Å². The molecule has 0 fully saturated rings. The van der Waals surface area contributed by atoms with Gasteiger partial charge in [-0.25, -0.2) is 8.42 Å². The fraction of sp³-hybridized carbons (Fsp3) is 0.462. The van der Waals surface area contributed by atoms with Crippen LogP contribution in [0.25, 0.3) is 0 Å². The molecule has 1 N–H and O–H groups in total. The molecule has 0 aliphatic heterocycles. The van der Waals surface area contributed by atoms with Crippen LogP contribution in [0.4, 0.5) is 0 Å². The van der Waals surface area contributed by atoms with Gasteiger partial charge in [-0.05, 0) is 13.0 Å². The van der Waals surface area contributed by atoms with E-state index in [9.17, 15) is 13.2 Å². The summed E-state index contributed by atoms with van der Waals surface area (Å²) in [4.78, 5) is 11.8. The number of sulfonamides is 1. The van der Waals surface area contributed by atoms with Gasteiger partial charge < -0.3 is 10.1 Å². The average molecular weight is 300 g/mol. The molecule has 1 unspecified atom stereocenters. The Morgan fingerprint density at radius 1 is 1.40 bits per heavy atom. The fourth-order valence-corrected chi connectivity index (χ4v) is 2.06. The number of methoxy groups -OCH3 is 1. The minimum Gasteiger partial charge on any atom is -0.496 e. The van der Waals surface area contributed by atoms with Gasteiger partial charge in [0.05, 0.1) is 26.0 Å². The van der Waals surface area contributed by atoms with E-state index in [1.54, 1.807) is 13.2 Å². The SMILES string of the molecule is COc1ccccc1C(C)NC(=O)CN(C)S(C)(=O)=O. The number of nitrogens with one attached hydrogen (secondary N) is 1. The van der Waals surface area contributed by atoms with Crippen LogP contribution in [-0.2, 0) is 14.8 Å². The summed E-state index contributed by atoms with van der Waals surface area (Å²) in [6.45, 7) is 1.61. The Morgan fingerprint density at radius 3 is 2.55 bits per heavy atom. The molecule has 1 amide bonds. The lowest BCUT2D eigenvalue weighted by molar-refractivity contribution is -0.121. The highest BCUT2D eigenvalue weighted by atomic mass is 32.2. The zero-order valence-corrected chi connectivity index (χ0v) is 12.9. The van der Waals surface area contributed by atoms with Crippen LogP contribution in [0.2, 0.25) is 0 Å². The number of hydrogen-bond acceptors (Lipinski definition) is 4. The van der Waals surface area contributed by atoms with Gasteiger partial charge in [-0.15, -0.1) is 0 Å². The summed E-state index contributed by atoms with van der Waals surface area (Å²) in [5.41, 5.74) is 0.838. The molecule has 0 bridgehead atoms. The van der Waals surface area contributed by atoms with Crippen molar-refractivity contribution in [3.05, 3.63) is 29.8 Å². The zero-order chi connectivity index (χ0) is 15.3. The lowest BCUT2D eigenvalue weighted by Gasteiger charge is -2.19. The third-order valence-corrected chi connectivity index (χ3v) is 4.18. The lowest BCUT2D eigenvalue weighted by Crippen LogP contribution is -2.38. The van der Waals surface area contributed by atoms with Crippen LogP contribution in [0.5, 0.6) is 5.75 Å². The van der Waals surface area contributed by atoms with Crippen molar-refractivity contribution in [1.82, 2.24) is 9.62 Å². The second kappa shape index (κ2) is 6.71. The maximum absolute atomic E-state index is 11.8. The quantitative estimate of drug-likeness (QED) is 0.842. The maximum Gasteiger partial charge on any atom is 0.235 e. The summed E-state index contributed by atoms with van der Waals surface area (Å²) in [7, 11) is -0.439. The molecule has 0 heterocycles. The van der Waals surface area contributed by atoms with E-state index in [2.05, 4.69) is 5.32 Å². The highest BCUT2D eigenvalue weighted by Gasteiger charge is 2.18. The van der Waals surface area contributed by atoms with Crippen molar-refractivity contribution in [1.29, 1.82) is 0 Å². The molecule has 6 nitrogen and oxygen atoms in total. The van der Waals surface area contributed by atoms with E-state index < -0.39 is 10.0 Å². The van der Waals surface area contributed by atoms with Crippen LogP contribution in [0.15, 0.2) is 24.3 Å². The van der Waals surface area contributed by atoms with Crippen LogP contribution in [-0.4, -0.2) is 45.6 Å². The van der Waals surface area contributed by atoms with E-state index in [0.717, 1.165) is 16.1 Å². The first-order valence-corrected chi connectivity index (χ1v) is 7.94. The predicted molar refractivity (Wildman–Crippen MR) is 77.0 cm³/mol. The monoisotopic (exact) mass is 300 g/mol. The Labute approximate surface area is 119 Å². The third-order valence-electron chi connectivity index (χ3n) is 2.92. The molecule has 0 aromatic heterocycles. The van der Waals surface area contributed by atoms with Crippen LogP contribution in [0, 0.1) is 0 Å². The van der Waals surface area contributed by atoms with E-state index >= 15 is 0 Å². The third kappa shape index (κ3) is 4.50. The Morgan fingerprint density at radius 2 is 2.00 bits per heavy atom. The molecule has 1 aromatic rings. The molecule has 112 valence electrons. The number of amides is 1. The minimum absolute atomic E-state index is 0.210. The minimum atomic E-state index is -3.36. The summed E-state index contributed by atoms with van der Waals surface area (Å²) in [5, 5.41) is 2.75. The first-order chi connectivity index (χ1) is 9.25. The molecular weight excluding hydrogens is 280 g/mol. The first kappa shape index (κ1) is 16.5. The topological polar surface area (TPSA) is 75.7 Å². The van der Waals surface area contributed by atoms with Crippen molar-refractivity contribution in [2.75, 3.05) is 27.0 Å². The van der Waals surface area contributed by atoms with Gasteiger partial charge in [0.1, 0.15) is 5.75 Å². The van der Waals surface area contributed by atoms with Crippen molar-refractivity contribution < 1.29 is 17.9 Å². The standard InChI is InChI=1S/C13H20N2O4S/c1-10(11-7-5-6-8-12(11)19-3)14-13(16)9-15(2)20(4,17)18/h5-8,10H,9H2,1-4H3,(H,14,16). The number of carbonyl (C=O) groups is 1. The van der Waals surface area contributed by atoms with Crippen molar-refractivity contribution in [2.24, 2.45) is 0 Å². The highest BCUT2D eigenvalue weighted by Crippen LogP contribution is 2.24. The van der Waals surface area contributed by atoms with Crippen LogP contribution in [0.1, 0.15) is 18.5 Å². The zero-order valence-electron chi connectivity index (χ0n) is 12.1. The Hall–Kier alpha value is -1.60. The van der Waals surface area contributed by atoms with Gasteiger partial charge in [0, 0.05) is 12.6 Å². The fourth-order valence-electron chi connectivity index (χ4n) is 1.71. The Balaban J connectivity index is 2.71. The maximum atomic E-state index is 11.8. The molecule has 0 aliphatic rings. The number of nitrogens with zero attached hydrogens (tertiary/aromatic N) is 1. The van der Waals surface area contributed by atoms with Crippen molar-refractivity contribution >= 4 is 15.9 Å².